The number of rotatable bonds is 3. The van der Waals surface area contributed by atoms with E-state index in [0.29, 0.717) is 17.1 Å². The van der Waals surface area contributed by atoms with Crippen LogP contribution in [0.25, 0.3) is 0 Å². The van der Waals surface area contributed by atoms with E-state index in [4.69, 9.17) is 11.6 Å². The van der Waals surface area contributed by atoms with Gasteiger partial charge in [0, 0.05) is 10.2 Å². The fourth-order valence-corrected chi connectivity index (χ4v) is 2.31. The van der Waals surface area contributed by atoms with Gasteiger partial charge in [-0.05, 0) is 64.7 Å². The predicted octanol–water partition coefficient (Wildman–Crippen LogP) is 4.90. The molecule has 0 aliphatic heterocycles. The first-order chi connectivity index (χ1) is 9.45. The summed E-state index contributed by atoms with van der Waals surface area (Å²) in [7, 11) is 0. The van der Waals surface area contributed by atoms with Crippen molar-refractivity contribution in [3.05, 3.63) is 62.6 Å². The second kappa shape index (κ2) is 6.42. The maximum Gasteiger partial charge on any atom is 0.228 e. The lowest BCUT2D eigenvalue weighted by molar-refractivity contribution is -0.115. The topological polar surface area (TPSA) is 29.1 Å². The minimum atomic E-state index is -0.0494. The van der Waals surface area contributed by atoms with Crippen molar-refractivity contribution in [2.45, 2.75) is 20.3 Å². The maximum atomic E-state index is 12.0. The zero-order valence-corrected chi connectivity index (χ0v) is 13.7. The Labute approximate surface area is 132 Å². The second-order valence-electron chi connectivity index (χ2n) is 4.77. The summed E-state index contributed by atoms with van der Waals surface area (Å²) in [5.41, 5.74) is 4.14. The van der Waals surface area contributed by atoms with Crippen molar-refractivity contribution in [2.75, 3.05) is 5.32 Å². The lowest BCUT2D eigenvalue weighted by Gasteiger charge is -2.08. The number of aryl methyl sites for hydroxylation is 2. The standard InChI is InChI=1S/C16H15BrClNO/c1-10-3-4-12(7-11(10)2)8-16(20)19-13-5-6-14(17)15(18)9-13/h3-7,9H,8H2,1-2H3,(H,19,20). The molecule has 0 fully saturated rings. The fraction of sp³-hybridized carbons (Fsp3) is 0.188. The normalized spacial score (nSPS) is 10.4. The van der Waals surface area contributed by atoms with Gasteiger partial charge in [0.15, 0.2) is 0 Å². The van der Waals surface area contributed by atoms with Crippen molar-refractivity contribution in [1.29, 1.82) is 0 Å². The number of carbonyl (C=O) groups is 1. The Balaban J connectivity index is 2.04. The smallest absolute Gasteiger partial charge is 0.228 e. The van der Waals surface area contributed by atoms with Crippen LogP contribution < -0.4 is 5.32 Å². The lowest BCUT2D eigenvalue weighted by atomic mass is 10.0. The third kappa shape index (κ3) is 3.84. The van der Waals surface area contributed by atoms with E-state index < -0.39 is 0 Å². The highest BCUT2D eigenvalue weighted by molar-refractivity contribution is 9.10. The van der Waals surface area contributed by atoms with Crippen molar-refractivity contribution in [3.8, 4) is 0 Å². The molecule has 0 radical (unpaired) electrons. The van der Waals surface area contributed by atoms with E-state index in [1.54, 1.807) is 6.07 Å². The molecular weight excluding hydrogens is 338 g/mol. The van der Waals surface area contributed by atoms with Crippen molar-refractivity contribution in [1.82, 2.24) is 0 Å². The van der Waals surface area contributed by atoms with E-state index in [1.165, 1.54) is 11.1 Å². The van der Waals surface area contributed by atoms with Gasteiger partial charge in [0.25, 0.3) is 0 Å². The Morgan fingerprint density at radius 3 is 2.55 bits per heavy atom. The third-order valence-corrected chi connectivity index (χ3v) is 4.37. The number of amides is 1. The molecule has 0 unspecified atom stereocenters. The van der Waals surface area contributed by atoms with Crippen LogP contribution in [0.15, 0.2) is 40.9 Å². The zero-order chi connectivity index (χ0) is 14.7. The summed E-state index contributed by atoms with van der Waals surface area (Å²) in [6.07, 6.45) is 0.356. The Bertz CT molecular complexity index is 599. The molecule has 0 aliphatic carbocycles. The summed E-state index contributed by atoms with van der Waals surface area (Å²) >= 11 is 9.32. The molecule has 2 aromatic carbocycles. The SMILES string of the molecule is Cc1ccc(CC(=O)Nc2ccc(Br)c(Cl)c2)cc1C. The minimum Gasteiger partial charge on any atom is -0.326 e. The van der Waals surface area contributed by atoms with Crippen LogP contribution in [0.3, 0.4) is 0 Å². The monoisotopic (exact) mass is 351 g/mol. The number of anilines is 1. The second-order valence-corrected chi connectivity index (χ2v) is 6.03. The zero-order valence-electron chi connectivity index (χ0n) is 11.3. The van der Waals surface area contributed by atoms with Gasteiger partial charge in [-0.15, -0.1) is 0 Å². The maximum absolute atomic E-state index is 12.0. The van der Waals surface area contributed by atoms with E-state index >= 15 is 0 Å². The van der Waals surface area contributed by atoms with Gasteiger partial charge in [-0.1, -0.05) is 29.8 Å². The summed E-state index contributed by atoms with van der Waals surface area (Å²) in [5.74, 6) is -0.0494. The molecule has 0 atom stereocenters. The highest BCUT2D eigenvalue weighted by atomic mass is 79.9. The fourth-order valence-electron chi connectivity index (χ4n) is 1.88. The molecule has 0 aromatic heterocycles. The van der Waals surface area contributed by atoms with Gasteiger partial charge < -0.3 is 5.32 Å². The van der Waals surface area contributed by atoms with Crippen molar-refractivity contribution in [2.24, 2.45) is 0 Å². The number of carbonyl (C=O) groups excluding carboxylic acids is 1. The summed E-state index contributed by atoms with van der Waals surface area (Å²) in [6.45, 7) is 4.11. The first kappa shape index (κ1) is 15.1. The van der Waals surface area contributed by atoms with E-state index in [0.717, 1.165) is 10.0 Å². The van der Waals surface area contributed by atoms with Crippen LogP contribution in [0.1, 0.15) is 16.7 Å². The molecule has 104 valence electrons. The van der Waals surface area contributed by atoms with Gasteiger partial charge in [0.1, 0.15) is 0 Å². The number of hydrogen-bond acceptors (Lipinski definition) is 1. The van der Waals surface area contributed by atoms with Gasteiger partial charge in [-0.2, -0.15) is 0 Å². The molecule has 0 spiro atoms. The number of hydrogen-bond donors (Lipinski definition) is 1. The van der Waals surface area contributed by atoms with Crippen LogP contribution in [0, 0.1) is 13.8 Å². The van der Waals surface area contributed by atoms with Gasteiger partial charge in [0.2, 0.25) is 5.91 Å². The molecule has 20 heavy (non-hydrogen) atoms. The molecule has 0 aliphatic rings. The van der Waals surface area contributed by atoms with E-state index in [1.807, 2.05) is 37.3 Å². The van der Waals surface area contributed by atoms with Crippen molar-refractivity contribution >= 4 is 39.1 Å². The Morgan fingerprint density at radius 1 is 1.15 bits per heavy atom. The molecule has 0 bridgehead atoms. The Morgan fingerprint density at radius 2 is 1.90 bits per heavy atom. The highest BCUT2D eigenvalue weighted by Gasteiger charge is 2.06. The first-order valence-electron chi connectivity index (χ1n) is 6.27. The van der Waals surface area contributed by atoms with E-state index in [9.17, 15) is 4.79 Å². The van der Waals surface area contributed by atoms with Crippen LogP contribution >= 0.6 is 27.5 Å². The predicted molar refractivity (Wildman–Crippen MR) is 87.4 cm³/mol. The van der Waals surface area contributed by atoms with E-state index in [-0.39, 0.29) is 5.91 Å². The largest absolute Gasteiger partial charge is 0.326 e. The molecule has 1 amide bonds. The molecule has 2 rings (SSSR count). The van der Waals surface area contributed by atoms with Crippen LogP contribution in [-0.4, -0.2) is 5.91 Å². The molecule has 1 N–H and O–H groups in total. The van der Waals surface area contributed by atoms with Gasteiger partial charge >= 0.3 is 0 Å². The lowest BCUT2D eigenvalue weighted by Crippen LogP contribution is -2.14. The average molecular weight is 353 g/mol. The summed E-state index contributed by atoms with van der Waals surface area (Å²) in [6, 6.07) is 11.4. The van der Waals surface area contributed by atoms with Gasteiger partial charge in [0.05, 0.1) is 11.4 Å². The molecule has 0 saturated carbocycles. The molecule has 2 nitrogen and oxygen atoms in total. The van der Waals surface area contributed by atoms with Crippen molar-refractivity contribution < 1.29 is 4.79 Å². The van der Waals surface area contributed by atoms with Crippen LogP contribution in [-0.2, 0) is 11.2 Å². The Kier molecular flexibility index (Phi) is 4.84. The van der Waals surface area contributed by atoms with Crippen LogP contribution in [0.2, 0.25) is 5.02 Å². The number of nitrogens with one attached hydrogen (secondary N) is 1. The highest BCUT2D eigenvalue weighted by Crippen LogP contribution is 2.25. The van der Waals surface area contributed by atoms with Gasteiger partial charge in [-0.25, -0.2) is 0 Å². The minimum absolute atomic E-state index is 0.0494. The van der Waals surface area contributed by atoms with Crippen molar-refractivity contribution in [3.63, 3.8) is 0 Å². The molecule has 2 aromatic rings. The summed E-state index contributed by atoms with van der Waals surface area (Å²) in [4.78, 5) is 12.0. The average Bonchev–Trinajstić information content (AvgIpc) is 2.38. The van der Waals surface area contributed by atoms with Crippen LogP contribution in [0.4, 0.5) is 5.69 Å². The molecular formula is C16H15BrClNO. The quantitative estimate of drug-likeness (QED) is 0.836. The third-order valence-electron chi connectivity index (χ3n) is 3.14. The van der Waals surface area contributed by atoms with Gasteiger partial charge in [-0.3, -0.25) is 4.79 Å². The summed E-state index contributed by atoms with van der Waals surface area (Å²) in [5, 5.41) is 3.43. The Hall–Kier alpha value is -1.32. The summed E-state index contributed by atoms with van der Waals surface area (Å²) < 4.78 is 0.811. The van der Waals surface area contributed by atoms with Crippen LogP contribution in [0.5, 0.6) is 0 Å². The molecule has 0 heterocycles. The molecule has 0 saturated heterocycles. The number of halogens is 2. The number of benzene rings is 2. The molecule has 4 heteroatoms. The first-order valence-corrected chi connectivity index (χ1v) is 7.44. The van der Waals surface area contributed by atoms with E-state index in [2.05, 4.69) is 28.2 Å².